The van der Waals surface area contributed by atoms with Crippen molar-refractivity contribution in [3.05, 3.63) is 29.3 Å². The van der Waals surface area contributed by atoms with Crippen molar-refractivity contribution < 1.29 is 18.3 Å². The van der Waals surface area contributed by atoms with E-state index >= 15 is 0 Å². The van der Waals surface area contributed by atoms with Gasteiger partial charge in [-0.15, -0.1) is 0 Å². The summed E-state index contributed by atoms with van der Waals surface area (Å²) in [5, 5.41) is 9.36. The van der Waals surface area contributed by atoms with Crippen molar-refractivity contribution in [3.63, 3.8) is 0 Å². The van der Waals surface area contributed by atoms with Gasteiger partial charge in [0.25, 0.3) is 5.91 Å². The number of hydrogen-bond donors (Lipinski definition) is 1. The molecule has 0 radical (unpaired) electrons. The second-order valence-corrected chi connectivity index (χ2v) is 6.94. The van der Waals surface area contributed by atoms with E-state index in [2.05, 4.69) is 0 Å². The predicted octanol–water partition coefficient (Wildman–Crippen LogP) is 0.418. The molecule has 2 rings (SSSR count). The van der Waals surface area contributed by atoms with Crippen LogP contribution in [0.25, 0.3) is 0 Å². The maximum absolute atomic E-state index is 12.4. The number of aromatic hydroxyl groups is 1. The second kappa shape index (κ2) is 5.41. The molecule has 1 fully saturated rings. The fourth-order valence-electron chi connectivity index (χ4n) is 2.28. The molecule has 1 aliphatic heterocycles. The first-order valence-corrected chi connectivity index (χ1v) is 8.18. The molecule has 0 bridgehead atoms. The van der Waals surface area contributed by atoms with Gasteiger partial charge in [-0.3, -0.25) is 4.79 Å². The summed E-state index contributed by atoms with van der Waals surface area (Å²) in [6.07, 6.45) is 1.18. The average molecular weight is 298 g/mol. The summed E-state index contributed by atoms with van der Waals surface area (Å²) in [5.41, 5.74) is 1.25. The Morgan fingerprint density at radius 3 is 2.30 bits per heavy atom. The van der Waals surface area contributed by atoms with Gasteiger partial charge in [0.15, 0.2) is 0 Å². The molecule has 1 aromatic carbocycles. The molecular formula is C13H18N2O4S. The highest BCUT2D eigenvalue weighted by Crippen LogP contribution is 2.18. The predicted molar refractivity (Wildman–Crippen MR) is 75.2 cm³/mol. The third kappa shape index (κ3) is 3.10. The summed E-state index contributed by atoms with van der Waals surface area (Å²) in [6, 6.07) is 4.61. The molecule has 1 N–H and O–H groups in total. The Balaban J connectivity index is 2.09. The lowest BCUT2D eigenvalue weighted by atomic mass is 10.1. The molecule has 1 saturated heterocycles. The molecule has 20 heavy (non-hydrogen) atoms. The zero-order valence-corrected chi connectivity index (χ0v) is 12.4. The Morgan fingerprint density at radius 2 is 1.80 bits per heavy atom. The normalized spacial score (nSPS) is 17.2. The Morgan fingerprint density at radius 1 is 1.20 bits per heavy atom. The zero-order chi connectivity index (χ0) is 14.9. The van der Waals surface area contributed by atoms with Gasteiger partial charge in [0, 0.05) is 31.7 Å². The van der Waals surface area contributed by atoms with Gasteiger partial charge in [-0.1, -0.05) is 0 Å². The van der Waals surface area contributed by atoms with Crippen molar-refractivity contribution in [1.29, 1.82) is 0 Å². The van der Waals surface area contributed by atoms with E-state index in [4.69, 9.17) is 0 Å². The minimum Gasteiger partial charge on any atom is -0.508 e. The fraction of sp³-hybridized carbons (Fsp3) is 0.462. The monoisotopic (exact) mass is 298 g/mol. The summed E-state index contributed by atoms with van der Waals surface area (Å²) in [5.74, 6) is -0.00315. The van der Waals surface area contributed by atoms with Crippen LogP contribution in [0, 0.1) is 6.92 Å². The molecule has 1 amide bonds. The standard InChI is InChI=1S/C13H18N2O4S/c1-10-9-11(16)3-4-12(10)13(17)14-5-7-15(8-6-14)20(2,18)19/h3-4,9,16H,5-8H2,1-2H3. The maximum atomic E-state index is 12.4. The van der Waals surface area contributed by atoms with Gasteiger partial charge >= 0.3 is 0 Å². The highest BCUT2D eigenvalue weighted by atomic mass is 32.2. The minimum atomic E-state index is -3.19. The number of amides is 1. The van der Waals surface area contributed by atoms with E-state index in [1.54, 1.807) is 24.0 Å². The van der Waals surface area contributed by atoms with Crippen molar-refractivity contribution in [1.82, 2.24) is 9.21 Å². The van der Waals surface area contributed by atoms with E-state index in [-0.39, 0.29) is 11.7 Å². The topological polar surface area (TPSA) is 77.9 Å². The number of carbonyl (C=O) groups excluding carboxylic acids is 1. The summed E-state index contributed by atoms with van der Waals surface area (Å²) in [6.45, 7) is 3.17. The molecule has 110 valence electrons. The number of nitrogens with zero attached hydrogens (tertiary/aromatic N) is 2. The van der Waals surface area contributed by atoms with E-state index in [0.29, 0.717) is 37.3 Å². The number of hydrogen-bond acceptors (Lipinski definition) is 4. The molecule has 0 unspecified atom stereocenters. The number of phenolic OH excluding ortho intramolecular Hbond substituents is 1. The number of rotatable bonds is 2. The number of phenols is 1. The van der Waals surface area contributed by atoms with Crippen molar-refractivity contribution in [2.75, 3.05) is 32.4 Å². The highest BCUT2D eigenvalue weighted by Gasteiger charge is 2.27. The number of aryl methyl sites for hydroxylation is 1. The number of carbonyl (C=O) groups is 1. The molecule has 1 heterocycles. The van der Waals surface area contributed by atoms with Crippen LogP contribution in [0.3, 0.4) is 0 Å². The lowest BCUT2D eigenvalue weighted by molar-refractivity contribution is 0.0697. The van der Waals surface area contributed by atoms with Crippen LogP contribution in [0.2, 0.25) is 0 Å². The summed E-state index contributed by atoms with van der Waals surface area (Å²) in [7, 11) is -3.19. The summed E-state index contributed by atoms with van der Waals surface area (Å²) in [4.78, 5) is 14.0. The molecule has 0 aliphatic carbocycles. The lowest BCUT2D eigenvalue weighted by Crippen LogP contribution is -2.50. The first kappa shape index (κ1) is 14.8. The van der Waals surface area contributed by atoms with Crippen molar-refractivity contribution in [2.45, 2.75) is 6.92 Å². The van der Waals surface area contributed by atoms with Gasteiger partial charge in [-0.25, -0.2) is 8.42 Å². The van der Waals surface area contributed by atoms with Gasteiger partial charge in [-0.05, 0) is 30.7 Å². The average Bonchev–Trinajstić information content (AvgIpc) is 2.37. The number of piperazine rings is 1. The first-order chi connectivity index (χ1) is 9.29. The van der Waals surface area contributed by atoms with Crippen LogP contribution in [0.1, 0.15) is 15.9 Å². The molecule has 0 spiro atoms. The minimum absolute atomic E-state index is 0.126. The van der Waals surface area contributed by atoms with Crippen LogP contribution in [-0.2, 0) is 10.0 Å². The van der Waals surface area contributed by atoms with Gasteiger partial charge < -0.3 is 10.0 Å². The van der Waals surface area contributed by atoms with Crippen LogP contribution in [0.4, 0.5) is 0 Å². The zero-order valence-electron chi connectivity index (χ0n) is 11.5. The Hall–Kier alpha value is -1.60. The third-order valence-corrected chi connectivity index (χ3v) is 4.74. The van der Waals surface area contributed by atoms with E-state index in [1.165, 1.54) is 16.6 Å². The van der Waals surface area contributed by atoms with Gasteiger partial charge in [-0.2, -0.15) is 4.31 Å². The van der Waals surface area contributed by atoms with Gasteiger partial charge in [0.1, 0.15) is 5.75 Å². The highest BCUT2D eigenvalue weighted by molar-refractivity contribution is 7.88. The fourth-order valence-corrected chi connectivity index (χ4v) is 3.11. The maximum Gasteiger partial charge on any atom is 0.254 e. The van der Waals surface area contributed by atoms with Crippen LogP contribution in [0.5, 0.6) is 5.75 Å². The third-order valence-electron chi connectivity index (χ3n) is 3.44. The van der Waals surface area contributed by atoms with E-state index in [9.17, 15) is 18.3 Å². The van der Waals surface area contributed by atoms with Crippen LogP contribution >= 0.6 is 0 Å². The van der Waals surface area contributed by atoms with E-state index < -0.39 is 10.0 Å². The van der Waals surface area contributed by atoms with Crippen molar-refractivity contribution in [3.8, 4) is 5.75 Å². The van der Waals surface area contributed by atoms with Crippen molar-refractivity contribution in [2.24, 2.45) is 0 Å². The first-order valence-electron chi connectivity index (χ1n) is 6.33. The SMILES string of the molecule is Cc1cc(O)ccc1C(=O)N1CCN(S(C)(=O)=O)CC1. The molecular weight excluding hydrogens is 280 g/mol. The summed E-state index contributed by atoms with van der Waals surface area (Å²) >= 11 is 0. The largest absolute Gasteiger partial charge is 0.508 e. The summed E-state index contributed by atoms with van der Waals surface area (Å²) < 4.78 is 24.2. The number of sulfonamides is 1. The van der Waals surface area contributed by atoms with E-state index in [1.807, 2.05) is 0 Å². The Kier molecular flexibility index (Phi) is 4.01. The quantitative estimate of drug-likeness (QED) is 0.858. The van der Waals surface area contributed by atoms with Crippen LogP contribution in [-0.4, -0.2) is 61.1 Å². The Labute approximate surface area is 118 Å². The molecule has 6 nitrogen and oxygen atoms in total. The molecule has 0 saturated carbocycles. The van der Waals surface area contributed by atoms with Crippen LogP contribution < -0.4 is 0 Å². The number of benzene rings is 1. The molecule has 1 aliphatic rings. The lowest BCUT2D eigenvalue weighted by Gasteiger charge is -2.33. The van der Waals surface area contributed by atoms with Crippen molar-refractivity contribution >= 4 is 15.9 Å². The molecule has 0 atom stereocenters. The smallest absolute Gasteiger partial charge is 0.254 e. The Bertz CT molecular complexity index is 619. The van der Waals surface area contributed by atoms with Crippen LogP contribution in [0.15, 0.2) is 18.2 Å². The second-order valence-electron chi connectivity index (χ2n) is 4.95. The molecule has 0 aromatic heterocycles. The molecule has 1 aromatic rings. The molecule has 7 heteroatoms. The van der Waals surface area contributed by atoms with Gasteiger partial charge in [0.2, 0.25) is 10.0 Å². The van der Waals surface area contributed by atoms with Gasteiger partial charge in [0.05, 0.1) is 6.26 Å². The van der Waals surface area contributed by atoms with E-state index in [0.717, 1.165) is 0 Å².